The van der Waals surface area contributed by atoms with Gasteiger partial charge < -0.3 is 4.42 Å². The zero-order chi connectivity index (χ0) is 21.1. The van der Waals surface area contributed by atoms with Crippen molar-refractivity contribution in [2.24, 2.45) is 0 Å². The topological polar surface area (TPSA) is 63.4 Å². The third-order valence-electron chi connectivity index (χ3n) is 5.45. The summed E-state index contributed by atoms with van der Waals surface area (Å²) in [5, 5.41) is 0.850. The van der Waals surface area contributed by atoms with E-state index in [9.17, 15) is 14.0 Å². The number of rotatable bonds is 2. The molecule has 0 radical (unpaired) electrons. The summed E-state index contributed by atoms with van der Waals surface area (Å²) in [6.07, 6.45) is 0. The minimum Gasteiger partial charge on any atom is -0.450 e. The van der Waals surface area contributed by atoms with Gasteiger partial charge in [-0.15, -0.1) is 0 Å². The fourth-order valence-electron chi connectivity index (χ4n) is 4.04. The third kappa shape index (κ3) is 2.63. The molecule has 0 fully saturated rings. The molecule has 2 aromatic heterocycles. The first-order valence-electron chi connectivity index (χ1n) is 9.62. The standard InChI is InChI=1S/C24H13FN2O3S/c25-14-11-9-13(10-12-14)20-19-21(28)15-5-1-3-7-17(15)30-22(19)23(29)27(20)24-26-16-6-2-4-8-18(16)31-24/h1-12,20H. The average molecular weight is 428 g/mol. The lowest BCUT2D eigenvalue weighted by atomic mass is 9.99. The van der Waals surface area contributed by atoms with Crippen molar-refractivity contribution in [3.63, 3.8) is 0 Å². The Balaban J connectivity index is 1.65. The Morgan fingerprint density at radius 1 is 0.935 bits per heavy atom. The number of amides is 1. The monoisotopic (exact) mass is 428 g/mol. The molecule has 1 atom stereocenters. The smallest absolute Gasteiger partial charge is 0.297 e. The van der Waals surface area contributed by atoms with Crippen molar-refractivity contribution in [1.82, 2.24) is 4.98 Å². The molecule has 0 aliphatic carbocycles. The van der Waals surface area contributed by atoms with E-state index in [0.717, 1.165) is 10.2 Å². The van der Waals surface area contributed by atoms with Crippen molar-refractivity contribution < 1.29 is 13.6 Å². The van der Waals surface area contributed by atoms with Crippen LogP contribution in [0.2, 0.25) is 0 Å². The molecule has 0 spiro atoms. The molecule has 1 amide bonds. The normalized spacial score (nSPS) is 15.7. The Labute approximate surface area is 179 Å². The number of hydrogen-bond donors (Lipinski definition) is 0. The summed E-state index contributed by atoms with van der Waals surface area (Å²) in [5.74, 6) is -0.839. The van der Waals surface area contributed by atoms with Gasteiger partial charge in [0, 0.05) is 0 Å². The van der Waals surface area contributed by atoms with E-state index in [1.807, 2.05) is 24.3 Å². The second-order valence-electron chi connectivity index (χ2n) is 7.26. The summed E-state index contributed by atoms with van der Waals surface area (Å²) in [6, 6.07) is 19.4. The zero-order valence-corrected chi connectivity index (χ0v) is 16.7. The number of carbonyl (C=O) groups excluding carboxylic acids is 1. The van der Waals surface area contributed by atoms with Gasteiger partial charge >= 0.3 is 0 Å². The Kier molecular flexibility index (Phi) is 3.82. The van der Waals surface area contributed by atoms with Gasteiger partial charge in [0.25, 0.3) is 5.91 Å². The number of halogens is 1. The minimum absolute atomic E-state index is 0.00252. The fraction of sp³-hybridized carbons (Fsp3) is 0.0417. The van der Waals surface area contributed by atoms with E-state index >= 15 is 0 Å². The molecule has 31 heavy (non-hydrogen) atoms. The molecule has 0 N–H and O–H groups in total. The highest BCUT2D eigenvalue weighted by Gasteiger charge is 2.44. The highest BCUT2D eigenvalue weighted by molar-refractivity contribution is 7.22. The van der Waals surface area contributed by atoms with Gasteiger partial charge in [0.15, 0.2) is 10.6 Å². The number of aromatic nitrogens is 1. The van der Waals surface area contributed by atoms with Gasteiger partial charge in [0.05, 0.1) is 27.2 Å². The molecular weight excluding hydrogens is 415 g/mol. The van der Waals surface area contributed by atoms with E-state index in [1.165, 1.54) is 28.4 Å². The molecule has 0 saturated heterocycles. The maximum atomic E-state index is 13.6. The predicted octanol–water partition coefficient (Wildman–Crippen LogP) is 5.29. The van der Waals surface area contributed by atoms with Gasteiger partial charge in [-0.3, -0.25) is 14.5 Å². The van der Waals surface area contributed by atoms with Crippen LogP contribution in [0.3, 0.4) is 0 Å². The molecule has 5 aromatic rings. The van der Waals surface area contributed by atoms with E-state index in [1.54, 1.807) is 36.4 Å². The third-order valence-corrected chi connectivity index (χ3v) is 6.49. The first-order valence-corrected chi connectivity index (χ1v) is 10.4. The van der Waals surface area contributed by atoms with Crippen molar-refractivity contribution in [2.75, 3.05) is 4.90 Å². The van der Waals surface area contributed by atoms with Gasteiger partial charge in [-0.2, -0.15) is 0 Å². The maximum Gasteiger partial charge on any atom is 0.297 e. The van der Waals surface area contributed by atoms with E-state index in [0.29, 0.717) is 21.7 Å². The molecule has 0 bridgehead atoms. The molecule has 150 valence electrons. The van der Waals surface area contributed by atoms with Crippen LogP contribution in [-0.4, -0.2) is 10.9 Å². The van der Waals surface area contributed by atoms with Gasteiger partial charge in [0.1, 0.15) is 11.4 Å². The van der Waals surface area contributed by atoms with E-state index in [2.05, 4.69) is 4.98 Å². The quantitative estimate of drug-likeness (QED) is 0.383. The van der Waals surface area contributed by atoms with Crippen LogP contribution >= 0.6 is 11.3 Å². The van der Waals surface area contributed by atoms with Crippen molar-refractivity contribution >= 4 is 43.6 Å². The highest BCUT2D eigenvalue weighted by Crippen LogP contribution is 2.43. The number of hydrogen-bond acceptors (Lipinski definition) is 5. The second-order valence-corrected chi connectivity index (χ2v) is 8.27. The Morgan fingerprint density at radius 2 is 1.68 bits per heavy atom. The van der Waals surface area contributed by atoms with Crippen LogP contribution < -0.4 is 10.3 Å². The predicted molar refractivity (Wildman–Crippen MR) is 117 cm³/mol. The van der Waals surface area contributed by atoms with Crippen LogP contribution in [-0.2, 0) is 0 Å². The van der Waals surface area contributed by atoms with Crippen LogP contribution in [0.4, 0.5) is 9.52 Å². The largest absolute Gasteiger partial charge is 0.450 e. The Bertz CT molecular complexity index is 1520. The first-order chi connectivity index (χ1) is 15.1. The fourth-order valence-corrected chi connectivity index (χ4v) is 5.03. The number of fused-ring (bicyclic) bond motifs is 3. The number of benzene rings is 3. The summed E-state index contributed by atoms with van der Waals surface area (Å²) in [5.41, 5.74) is 1.69. The molecule has 6 rings (SSSR count). The maximum absolute atomic E-state index is 13.6. The number of anilines is 1. The van der Waals surface area contributed by atoms with Gasteiger partial charge in [-0.05, 0) is 42.0 Å². The lowest BCUT2D eigenvalue weighted by Gasteiger charge is -2.22. The lowest BCUT2D eigenvalue weighted by Crippen LogP contribution is -2.29. The van der Waals surface area contributed by atoms with Crippen LogP contribution in [0.1, 0.15) is 27.7 Å². The molecule has 7 heteroatoms. The van der Waals surface area contributed by atoms with E-state index in [-0.39, 0.29) is 16.8 Å². The van der Waals surface area contributed by atoms with Crippen molar-refractivity contribution in [2.45, 2.75) is 6.04 Å². The molecule has 5 nitrogen and oxygen atoms in total. The van der Waals surface area contributed by atoms with Gasteiger partial charge in [0.2, 0.25) is 5.76 Å². The first kappa shape index (κ1) is 18.0. The molecule has 1 aliphatic heterocycles. The van der Waals surface area contributed by atoms with E-state index < -0.39 is 17.8 Å². The van der Waals surface area contributed by atoms with Crippen molar-refractivity contribution in [1.29, 1.82) is 0 Å². The second kappa shape index (κ2) is 6.58. The Morgan fingerprint density at radius 3 is 2.48 bits per heavy atom. The SMILES string of the molecule is O=C1c2oc3ccccc3c(=O)c2C(c2ccc(F)cc2)N1c1nc2ccccc2s1. The number of thiazole rings is 1. The molecule has 0 saturated carbocycles. The molecular formula is C24H13FN2O3S. The lowest BCUT2D eigenvalue weighted by molar-refractivity contribution is 0.0971. The summed E-state index contributed by atoms with van der Waals surface area (Å²) in [6.45, 7) is 0. The minimum atomic E-state index is -0.760. The number of para-hydroxylation sites is 2. The molecule has 1 unspecified atom stereocenters. The van der Waals surface area contributed by atoms with Gasteiger partial charge in [-0.1, -0.05) is 47.7 Å². The van der Waals surface area contributed by atoms with Crippen LogP contribution in [0.5, 0.6) is 0 Å². The van der Waals surface area contributed by atoms with Crippen LogP contribution in [0.15, 0.2) is 82.0 Å². The number of carbonyl (C=O) groups is 1. The zero-order valence-electron chi connectivity index (χ0n) is 15.9. The number of nitrogens with zero attached hydrogens (tertiary/aromatic N) is 2. The van der Waals surface area contributed by atoms with Crippen molar-refractivity contribution in [3.8, 4) is 0 Å². The van der Waals surface area contributed by atoms with Crippen molar-refractivity contribution in [3.05, 3.63) is 106 Å². The summed E-state index contributed by atoms with van der Waals surface area (Å²) in [4.78, 5) is 33.0. The van der Waals surface area contributed by atoms with Crippen LogP contribution in [0.25, 0.3) is 21.2 Å². The summed E-state index contributed by atoms with van der Waals surface area (Å²) in [7, 11) is 0. The molecule has 3 heterocycles. The Hall–Kier alpha value is -3.84. The van der Waals surface area contributed by atoms with E-state index in [4.69, 9.17) is 4.42 Å². The van der Waals surface area contributed by atoms with Crippen LogP contribution in [0, 0.1) is 5.82 Å². The molecule has 1 aliphatic rings. The summed E-state index contributed by atoms with van der Waals surface area (Å²) < 4.78 is 20.5. The average Bonchev–Trinajstić information content (AvgIpc) is 3.33. The highest BCUT2D eigenvalue weighted by atomic mass is 32.1. The summed E-state index contributed by atoms with van der Waals surface area (Å²) >= 11 is 1.36. The molecule has 3 aromatic carbocycles. The van der Waals surface area contributed by atoms with Gasteiger partial charge in [-0.25, -0.2) is 9.37 Å².